The number of sulfonamides is 1. The highest BCUT2D eigenvalue weighted by atomic mass is 32.2. The van der Waals surface area contributed by atoms with E-state index >= 15 is 0 Å². The quantitative estimate of drug-likeness (QED) is 0.372. The molecule has 3 aromatic carbocycles. The molecule has 1 aliphatic rings. The number of ether oxygens (including phenoxy) is 2. The second-order valence-corrected chi connectivity index (χ2v) is 9.67. The minimum Gasteiger partial charge on any atom is -0.489 e. The van der Waals surface area contributed by atoms with Crippen molar-refractivity contribution in [2.24, 2.45) is 0 Å². The van der Waals surface area contributed by atoms with Crippen molar-refractivity contribution in [1.82, 2.24) is 15.6 Å². The van der Waals surface area contributed by atoms with Crippen LogP contribution in [0.3, 0.4) is 0 Å². The lowest BCUT2D eigenvalue weighted by Gasteiger charge is -2.11. The van der Waals surface area contributed by atoms with Gasteiger partial charge in [-0.25, -0.2) is 13.1 Å². The Morgan fingerprint density at radius 3 is 2.20 bits per heavy atom. The summed E-state index contributed by atoms with van der Waals surface area (Å²) < 4.78 is 38.3. The average Bonchev–Trinajstić information content (AvgIpc) is 3.69. The van der Waals surface area contributed by atoms with Crippen molar-refractivity contribution in [3.63, 3.8) is 0 Å². The monoisotopic (exact) mass is 495 g/mol. The van der Waals surface area contributed by atoms with E-state index < -0.39 is 21.8 Å². The third-order valence-electron chi connectivity index (χ3n) is 5.06. The maximum atomic E-state index is 12.3. The van der Waals surface area contributed by atoms with Gasteiger partial charge in [0.1, 0.15) is 18.1 Å². The van der Waals surface area contributed by atoms with Gasteiger partial charge in [0.05, 0.1) is 4.90 Å². The molecule has 35 heavy (non-hydrogen) atoms. The van der Waals surface area contributed by atoms with Crippen LogP contribution in [-0.2, 0) is 21.4 Å². The Bertz CT molecular complexity index is 1280. The van der Waals surface area contributed by atoms with Gasteiger partial charge in [-0.15, -0.1) is 0 Å². The van der Waals surface area contributed by atoms with E-state index in [0.717, 1.165) is 18.4 Å². The van der Waals surface area contributed by atoms with Crippen molar-refractivity contribution in [2.45, 2.75) is 30.4 Å². The fraction of sp³-hybridized carbons (Fsp3) is 0.200. The van der Waals surface area contributed by atoms with E-state index in [1.165, 1.54) is 24.3 Å². The summed E-state index contributed by atoms with van der Waals surface area (Å²) in [6, 6.07) is 22.1. The highest BCUT2D eigenvalue weighted by Crippen LogP contribution is 2.22. The first-order chi connectivity index (χ1) is 16.9. The van der Waals surface area contributed by atoms with Crippen LogP contribution in [0.25, 0.3) is 0 Å². The third-order valence-corrected chi connectivity index (χ3v) is 6.58. The predicted octanol–water partition coefficient (Wildman–Crippen LogP) is 2.55. The van der Waals surface area contributed by atoms with Crippen LogP contribution in [-0.4, -0.2) is 32.9 Å². The number of benzene rings is 3. The van der Waals surface area contributed by atoms with E-state index in [1.807, 2.05) is 30.3 Å². The third kappa shape index (κ3) is 7.29. The molecule has 1 fully saturated rings. The van der Waals surface area contributed by atoms with Gasteiger partial charge < -0.3 is 9.47 Å². The standard InChI is InChI=1S/C25H25N3O6S/c29-24(17-34-22-13-11-21(12-14-22)33-16-18-5-2-1-3-6-18)26-27-25(30)19-7-4-8-23(15-19)35(31,32)28-20-9-10-20/h1-8,11-15,20,28H,9-10,16-17H2,(H,26,29)(H,27,30). The number of rotatable bonds is 10. The first-order valence-corrected chi connectivity index (χ1v) is 12.5. The fourth-order valence-corrected chi connectivity index (χ4v) is 4.40. The first-order valence-electron chi connectivity index (χ1n) is 11.0. The molecular formula is C25H25N3O6S. The lowest BCUT2D eigenvalue weighted by molar-refractivity contribution is -0.123. The van der Waals surface area contributed by atoms with Crippen LogP contribution in [0.4, 0.5) is 0 Å². The van der Waals surface area contributed by atoms with Gasteiger partial charge in [0.25, 0.3) is 11.8 Å². The van der Waals surface area contributed by atoms with Gasteiger partial charge in [0, 0.05) is 11.6 Å². The lowest BCUT2D eigenvalue weighted by atomic mass is 10.2. The zero-order valence-corrected chi connectivity index (χ0v) is 19.6. The van der Waals surface area contributed by atoms with Crippen molar-refractivity contribution < 1.29 is 27.5 Å². The molecule has 4 rings (SSSR count). The van der Waals surface area contributed by atoms with Crippen molar-refractivity contribution in [3.05, 3.63) is 90.0 Å². The summed E-state index contributed by atoms with van der Waals surface area (Å²) in [5.41, 5.74) is 5.65. The largest absolute Gasteiger partial charge is 0.489 e. The SMILES string of the molecule is O=C(COc1ccc(OCc2ccccc2)cc1)NNC(=O)c1cccc(S(=O)(=O)NC2CC2)c1. The summed E-state index contributed by atoms with van der Waals surface area (Å²) in [5, 5.41) is 0. The van der Waals surface area contributed by atoms with Gasteiger partial charge in [-0.05, 0) is 60.9 Å². The number of carbonyl (C=O) groups is 2. The second kappa shape index (κ2) is 11.0. The summed E-state index contributed by atoms with van der Waals surface area (Å²) in [5.74, 6) is -0.113. The van der Waals surface area contributed by atoms with E-state index in [2.05, 4.69) is 15.6 Å². The molecule has 0 aromatic heterocycles. The van der Waals surface area contributed by atoms with Crippen LogP contribution in [0.5, 0.6) is 11.5 Å². The maximum absolute atomic E-state index is 12.3. The summed E-state index contributed by atoms with van der Waals surface area (Å²) in [7, 11) is -3.69. The summed E-state index contributed by atoms with van der Waals surface area (Å²) in [6.07, 6.45) is 1.61. The molecule has 0 radical (unpaired) electrons. The van der Waals surface area contributed by atoms with Crippen LogP contribution in [0.1, 0.15) is 28.8 Å². The molecule has 0 spiro atoms. The van der Waals surface area contributed by atoms with Crippen LogP contribution in [0.2, 0.25) is 0 Å². The zero-order valence-electron chi connectivity index (χ0n) is 18.8. The number of nitrogens with one attached hydrogen (secondary N) is 3. The average molecular weight is 496 g/mol. The fourth-order valence-electron chi connectivity index (χ4n) is 3.05. The normalized spacial score (nSPS) is 13.0. The van der Waals surface area contributed by atoms with Crippen LogP contribution >= 0.6 is 0 Å². The van der Waals surface area contributed by atoms with Crippen molar-refractivity contribution >= 4 is 21.8 Å². The number of hydrogen-bond acceptors (Lipinski definition) is 6. The second-order valence-electron chi connectivity index (χ2n) is 7.96. The molecular weight excluding hydrogens is 470 g/mol. The molecule has 3 aromatic rings. The van der Waals surface area contributed by atoms with E-state index in [1.54, 1.807) is 24.3 Å². The van der Waals surface area contributed by atoms with Crippen LogP contribution in [0.15, 0.2) is 83.8 Å². The molecule has 0 heterocycles. The van der Waals surface area contributed by atoms with Crippen LogP contribution < -0.4 is 25.0 Å². The smallest absolute Gasteiger partial charge is 0.276 e. The molecule has 0 atom stereocenters. The molecule has 182 valence electrons. The Morgan fingerprint density at radius 2 is 1.51 bits per heavy atom. The molecule has 0 aliphatic heterocycles. The van der Waals surface area contributed by atoms with E-state index in [9.17, 15) is 18.0 Å². The highest BCUT2D eigenvalue weighted by Gasteiger charge is 2.28. The number of carbonyl (C=O) groups excluding carboxylic acids is 2. The molecule has 3 N–H and O–H groups in total. The van der Waals surface area contributed by atoms with Gasteiger partial charge in [-0.1, -0.05) is 36.4 Å². The number of hydrazine groups is 1. The Kier molecular flexibility index (Phi) is 7.64. The van der Waals surface area contributed by atoms with E-state index in [-0.39, 0.29) is 23.1 Å². The summed E-state index contributed by atoms with van der Waals surface area (Å²) in [6.45, 7) is 0.110. The molecule has 0 bridgehead atoms. The molecule has 0 saturated heterocycles. The van der Waals surface area contributed by atoms with Gasteiger partial charge in [-0.3, -0.25) is 20.4 Å². The minimum atomic E-state index is -3.69. The van der Waals surface area contributed by atoms with Crippen molar-refractivity contribution in [1.29, 1.82) is 0 Å². The molecule has 9 nitrogen and oxygen atoms in total. The Hall–Kier alpha value is -3.89. The molecule has 0 unspecified atom stereocenters. The Morgan fingerprint density at radius 1 is 0.829 bits per heavy atom. The molecule has 1 aliphatic carbocycles. The molecule has 1 saturated carbocycles. The van der Waals surface area contributed by atoms with Gasteiger partial charge in [0.2, 0.25) is 10.0 Å². The zero-order chi connectivity index (χ0) is 24.7. The Balaban J connectivity index is 1.21. The molecule has 2 amide bonds. The van der Waals surface area contributed by atoms with Gasteiger partial charge >= 0.3 is 0 Å². The highest BCUT2D eigenvalue weighted by molar-refractivity contribution is 7.89. The number of hydrogen-bond donors (Lipinski definition) is 3. The summed E-state index contributed by atoms with van der Waals surface area (Å²) in [4.78, 5) is 24.4. The maximum Gasteiger partial charge on any atom is 0.276 e. The lowest BCUT2D eigenvalue weighted by Crippen LogP contribution is -2.43. The minimum absolute atomic E-state index is 0.0112. The molecule has 10 heteroatoms. The van der Waals surface area contributed by atoms with E-state index in [4.69, 9.17) is 9.47 Å². The van der Waals surface area contributed by atoms with Crippen molar-refractivity contribution in [2.75, 3.05) is 6.61 Å². The topological polar surface area (TPSA) is 123 Å². The van der Waals surface area contributed by atoms with Gasteiger partial charge in [-0.2, -0.15) is 0 Å². The van der Waals surface area contributed by atoms with Gasteiger partial charge in [0.15, 0.2) is 6.61 Å². The summed E-state index contributed by atoms with van der Waals surface area (Å²) >= 11 is 0. The predicted molar refractivity (Wildman–Crippen MR) is 128 cm³/mol. The van der Waals surface area contributed by atoms with Crippen LogP contribution in [0, 0.1) is 0 Å². The van der Waals surface area contributed by atoms with Crippen molar-refractivity contribution in [3.8, 4) is 11.5 Å². The first kappa shape index (κ1) is 24.2. The van der Waals surface area contributed by atoms with E-state index in [0.29, 0.717) is 18.1 Å². The number of amides is 2. The Labute approximate surface area is 203 Å².